The minimum atomic E-state index is 1.05. The minimum absolute atomic E-state index is 1.05. The van der Waals surface area contributed by atoms with Gasteiger partial charge in [-0.3, -0.25) is 0 Å². The lowest BCUT2D eigenvalue weighted by Gasteiger charge is -2.19. The SMILES string of the molecule is C1=CC2C3CC1C23. The molecule has 0 amide bonds. The second-order valence-corrected chi connectivity index (χ2v) is 3.10. The van der Waals surface area contributed by atoms with E-state index in [1.54, 1.807) is 0 Å². The van der Waals surface area contributed by atoms with Crippen molar-refractivity contribution in [1.29, 1.82) is 0 Å². The van der Waals surface area contributed by atoms with Crippen LogP contribution < -0.4 is 0 Å². The lowest BCUT2D eigenvalue weighted by molar-refractivity contribution is 0.358. The molecule has 0 bridgehead atoms. The Morgan fingerprint density at radius 2 is 2.29 bits per heavy atom. The van der Waals surface area contributed by atoms with Crippen LogP contribution in [0.15, 0.2) is 12.2 Å². The Balaban J connectivity index is 2.21. The van der Waals surface area contributed by atoms with Gasteiger partial charge in [0.15, 0.2) is 0 Å². The highest BCUT2D eigenvalue weighted by atomic mass is 14.7. The van der Waals surface area contributed by atoms with Crippen LogP contribution >= 0.6 is 0 Å². The van der Waals surface area contributed by atoms with Crippen molar-refractivity contribution in [2.45, 2.75) is 6.42 Å². The fourth-order valence-electron chi connectivity index (χ4n) is 2.37. The molecule has 3 aliphatic rings. The lowest BCUT2D eigenvalue weighted by Crippen LogP contribution is -2.11. The normalized spacial score (nSPS) is 69.7. The number of allylic oxidation sites excluding steroid dienone is 2. The summed E-state index contributed by atoms with van der Waals surface area (Å²) in [6, 6.07) is 0. The summed E-state index contributed by atoms with van der Waals surface area (Å²) in [6.45, 7) is 0. The zero-order valence-corrected chi connectivity index (χ0v) is 4.17. The van der Waals surface area contributed by atoms with Gasteiger partial charge in [0.25, 0.3) is 0 Å². The van der Waals surface area contributed by atoms with Gasteiger partial charge in [-0.1, -0.05) is 12.2 Å². The van der Waals surface area contributed by atoms with E-state index in [0.29, 0.717) is 0 Å². The van der Waals surface area contributed by atoms with Crippen LogP contribution in [0.25, 0.3) is 0 Å². The first kappa shape index (κ1) is 2.91. The third-order valence-corrected chi connectivity index (χ3v) is 2.91. The molecule has 3 unspecified atom stereocenters. The van der Waals surface area contributed by atoms with Gasteiger partial charge < -0.3 is 0 Å². The average Bonchev–Trinajstić information content (AvgIpc) is 2.02. The van der Waals surface area contributed by atoms with Crippen LogP contribution in [-0.2, 0) is 0 Å². The van der Waals surface area contributed by atoms with Crippen molar-refractivity contribution in [3.05, 3.63) is 12.2 Å². The highest BCUT2D eigenvalue weighted by Gasteiger charge is 2.63. The van der Waals surface area contributed by atoms with Gasteiger partial charge in [0.05, 0.1) is 0 Å². The van der Waals surface area contributed by atoms with E-state index in [9.17, 15) is 0 Å². The lowest BCUT2D eigenvalue weighted by atomic mass is 9.85. The average molecular weight is 92.1 g/mol. The number of rotatable bonds is 0. The summed E-state index contributed by atoms with van der Waals surface area (Å²) in [5.41, 5.74) is 0. The molecule has 0 spiro atoms. The van der Waals surface area contributed by atoms with Crippen molar-refractivity contribution in [2.24, 2.45) is 23.7 Å². The van der Waals surface area contributed by atoms with E-state index in [-0.39, 0.29) is 0 Å². The zero-order chi connectivity index (χ0) is 4.43. The van der Waals surface area contributed by atoms with Gasteiger partial charge in [-0.05, 0) is 30.1 Å². The first-order chi connectivity index (χ1) is 3.47. The third-order valence-electron chi connectivity index (χ3n) is 2.91. The van der Waals surface area contributed by atoms with Gasteiger partial charge in [0.1, 0.15) is 0 Å². The highest BCUT2D eigenvalue weighted by molar-refractivity contribution is 5.28. The van der Waals surface area contributed by atoms with Gasteiger partial charge in [0.2, 0.25) is 0 Å². The maximum Gasteiger partial charge on any atom is -0.0165 e. The molecule has 0 heteroatoms. The molecule has 0 aromatic carbocycles. The van der Waals surface area contributed by atoms with Crippen molar-refractivity contribution < 1.29 is 0 Å². The Hall–Kier alpha value is -0.260. The smallest absolute Gasteiger partial charge is 0.0165 e. The van der Waals surface area contributed by atoms with Crippen molar-refractivity contribution in [3.63, 3.8) is 0 Å². The van der Waals surface area contributed by atoms with Gasteiger partial charge >= 0.3 is 0 Å². The van der Waals surface area contributed by atoms with E-state index in [1.807, 2.05) is 0 Å². The topological polar surface area (TPSA) is 0 Å². The molecule has 0 aliphatic heterocycles. The molecule has 0 saturated heterocycles. The molecule has 0 heterocycles. The predicted molar refractivity (Wildman–Crippen MR) is 27.7 cm³/mol. The molecule has 2 saturated carbocycles. The number of hydrogen-bond donors (Lipinski definition) is 0. The summed E-state index contributed by atoms with van der Waals surface area (Å²) < 4.78 is 0. The Kier molecular flexibility index (Phi) is 0.247. The summed E-state index contributed by atoms with van der Waals surface area (Å²) in [5.74, 6) is 4.47. The van der Waals surface area contributed by atoms with E-state index in [4.69, 9.17) is 0 Å². The van der Waals surface area contributed by atoms with Crippen LogP contribution in [0.2, 0.25) is 0 Å². The Bertz CT molecular complexity index is 138. The minimum Gasteiger partial charge on any atom is -0.0848 e. The van der Waals surface area contributed by atoms with Crippen molar-refractivity contribution in [3.8, 4) is 0 Å². The maximum atomic E-state index is 2.42. The van der Waals surface area contributed by atoms with Crippen molar-refractivity contribution in [1.82, 2.24) is 0 Å². The second-order valence-electron chi connectivity index (χ2n) is 3.10. The molecular formula is C7H8. The van der Waals surface area contributed by atoms with Gasteiger partial charge in [-0.25, -0.2) is 0 Å². The van der Waals surface area contributed by atoms with Crippen LogP contribution in [0.4, 0.5) is 0 Å². The Morgan fingerprint density at radius 1 is 1.29 bits per heavy atom. The number of fused-ring (bicyclic) bond motifs is 1. The molecule has 0 aromatic heterocycles. The zero-order valence-electron chi connectivity index (χ0n) is 4.17. The predicted octanol–water partition coefficient (Wildman–Crippen LogP) is 1.44. The van der Waals surface area contributed by atoms with E-state index in [0.717, 1.165) is 11.8 Å². The molecule has 36 valence electrons. The van der Waals surface area contributed by atoms with Crippen molar-refractivity contribution >= 4 is 0 Å². The largest absolute Gasteiger partial charge is 0.0848 e. The second kappa shape index (κ2) is 0.594. The maximum absolute atomic E-state index is 2.42. The molecule has 0 N–H and O–H groups in total. The molecule has 2 fully saturated rings. The van der Waals surface area contributed by atoms with Crippen LogP contribution in [0.1, 0.15) is 6.42 Å². The quantitative estimate of drug-likeness (QED) is 0.396. The van der Waals surface area contributed by atoms with Crippen LogP contribution in [0.5, 0.6) is 0 Å². The Morgan fingerprint density at radius 3 is 2.43 bits per heavy atom. The fraction of sp³-hybridized carbons (Fsp3) is 0.714. The first-order valence-electron chi connectivity index (χ1n) is 3.15. The van der Waals surface area contributed by atoms with Crippen LogP contribution in [0.3, 0.4) is 0 Å². The first-order valence-corrected chi connectivity index (χ1v) is 3.15. The molecular weight excluding hydrogens is 84.1 g/mol. The molecule has 3 aliphatic carbocycles. The molecule has 3 atom stereocenters. The summed E-state index contributed by atoms with van der Waals surface area (Å²) in [6.07, 6.45) is 6.37. The molecule has 0 nitrogen and oxygen atoms in total. The van der Waals surface area contributed by atoms with Crippen LogP contribution in [0, 0.1) is 23.7 Å². The third kappa shape index (κ3) is 0.155. The molecule has 7 heavy (non-hydrogen) atoms. The monoisotopic (exact) mass is 92.1 g/mol. The van der Waals surface area contributed by atoms with Gasteiger partial charge in [0, 0.05) is 0 Å². The highest BCUT2D eigenvalue weighted by Crippen LogP contribution is 2.69. The van der Waals surface area contributed by atoms with E-state index >= 15 is 0 Å². The van der Waals surface area contributed by atoms with Crippen LogP contribution in [-0.4, -0.2) is 0 Å². The van der Waals surface area contributed by atoms with Gasteiger partial charge in [-0.2, -0.15) is 0 Å². The Labute approximate surface area is 43.2 Å². The van der Waals surface area contributed by atoms with E-state index in [2.05, 4.69) is 12.2 Å². The molecule has 3 rings (SSSR count). The molecule has 0 radical (unpaired) electrons. The summed E-state index contributed by atoms with van der Waals surface area (Å²) in [5, 5.41) is 0. The van der Waals surface area contributed by atoms with E-state index in [1.165, 1.54) is 18.3 Å². The summed E-state index contributed by atoms with van der Waals surface area (Å²) in [7, 11) is 0. The van der Waals surface area contributed by atoms with Gasteiger partial charge in [-0.15, -0.1) is 0 Å². The summed E-state index contributed by atoms with van der Waals surface area (Å²) >= 11 is 0. The standard InChI is InChI=1S/C7H8/c1-2-5-6-3-4(1)7(5)6/h1-2,4-7H,3H2. The van der Waals surface area contributed by atoms with E-state index < -0.39 is 0 Å². The molecule has 0 aromatic rings. The van der Waals surface area contributed by atoms with Crippen molar-refractivity contribution in [2.75, 3.05) is 0 Å². The summed E-state index contributed by atoms with van der Waals surface area (Å²) in [4.78, 5) is 0. The fourth-order valence-corrected chi connectivity index (χ4v) is 2.37. The number of hydrogen-bond acceptors (Lipinski definition) is 0.